The molecule has 0 aliphatic carbocycles. The molecule has 9 nitrogen and oxygen atoms in total. The molecule has 4 N–H and O–H groups in total. The number of halogens is 3. The highest BCUT2D eigenvalue weighted by atomic mass is 79.9. The van der Waals surface area contributed by atoms with Crippen LogP contribution in [-0.4, -0.2) is 35.9 Å². The van der Waals surface area contributed by atoms with Crippen LogP contribution in [0.2, 0.25) is 10.0 Å². The molecule has 0 atom stereocenters. The number of carbonyl (C=O) groups excluding carboxylic acids is 1. The molecule has 0 unspecified atom stereocenters. The Morgan fingerprint density at radius 2 is 1.88 bits per heavy atom. The number of benzene rings is 2. The SMILES string of the molecule is CCOc1cc(CNCCNC(=O)c2nonc2N)c(Br)cc1OCc1c(Cl)cccc1Cl. The molecule has 176 valence electrons. The lowest BCUT2D eigenvalue weighted by atomic mass is 10.2. The molecule has 0 saturated heterocycles. The third-order valence-corrected chi connectivity index (χ3v) is 5.92. The number of aromatic nitrogens is 2. The summed E-state index contributed by atoms with van der Waals surface area (Å²) in [5, 5.41) is 13.9. The first-order valence-corrected chi connectivity index (χ1v) is 11.5. The van der Waals surface area contributed by atoms with Gasteiger partial charge in [-0.1, -0.05) is 45.2 Å². The highest BCUT2D eigenvalue weighted by molar-refractivity contribution is 9.10. The number of carbonyl (C=O) groups is 1. The van der Waals surface area contributed by atoms with Crippen molar-refractivity contribution in [2.24, 2.45) is 0 Å². The molecule has 1 amide bonds. The number of nitrogen functional groups attached to an aromatic ring is 1. The van der Waals surface area contributed by atoms with Crippen LogP contribution in [-0.2, 0) is 13.2 Å². The van der Waals surface area contributed by atoms with Gasteiger partial charge in [0, 0.05) is 39.7 Å². The number of nitrogens with one attached hydrogen (secondary N) is 2. The van der Waals surface area contributed by atoms with Gasteiger partial charge in [0.15, 0.2) is 11.5 Å². The molecule has 3 rings (SSSR count). The van der Waals surface area contributed by atoms with E-state index in [0.717, 1.165) is 10.0 Å². The van der Waals surface area contributed by atoms with Gasteiger partial charge in [0.05, 0.1) is 6.61 Å². The van der Waals surface area contributed by atoms with E-state index in [0.29, 0.717) is 53.3 Å². The van der Waals surface area contributed by atoms with E-state index in [4.69, 9.17) is 38.4 Å². The molecule has 0 aliphatic heterocycles. The van der Waals surface area contributed by atoms with Crippen LogP contribution in [0.15, 0.2) is 39.4 Å². The lowest BCUT2D eigenvalue weighted by Gasteiger charge is -2.16. The van der Waals surface area contributed by atoms with Crippen molar-refractivity contribution < 1.29 is 18.9 Å². The Balaban J connectivity index is 1.57. The van der Waals surface area contributed by atoms with Crippen LogP contribution in [0.5, 0.6) is 11.5 Å². The van der Waals surface area contributed by atoms with Gasteiger partial charge in [-0.2, -0.15) is 0 Å². The minimum absolute atomic E-state index is 0.0345. The van der Waals surface area contributed by atoms with E-state index < -0.39 is 5.91 Å². The van der Waals surface area contributed by atoms with Crippen LogP contribution in [0.4, 0.5) is 5.82 Å². The van der Waals surface area contributed by atoms with Gasteiger partial charge in [0.1, 0.15) is 6.61 Å². The predicted molar refractivity (Wildman–Crippen MR) is 129 cm³/mol. The summed E-state index contributed by atoms with van der Waals surface area (Å²) in [6.07, 6.45) is 0. The van der Waals surface area contributed by atoms with Crippen molar-refractivity contribution in [2.75, 3.05) is 25.4 Å². The van der Waals surface area contributed by atoms with Crippen molar-refractivity contribution in [3.63, 3.8) is 0 Å². The Morgan fingerprint density at radius 3 is 2.55 bits per heavy atom. The summed E-state index contributed by atoms with van der Waals surface area (Å²) in [5.41, 5.74) is 7.13. The molecular weight excluding hydrogens is 537 g/mol. The number of amides is 1. The third-order valence-electron chi connectivity index (χ3n) is 4.48. The van der Waals surface area contributed by atoms with Gasteiger partial charge in [0.2, 0.25) is 11.5 Å². The normalized spacial score (nSPS) is 10.8. The first kappa shape index (κ1) is 25.1. The Bertz CT molecular complexity index is 1090. The quantitative estimate of drug-likeness (QED) is 0.299. The van der Waals surface area contributed by atoms with Crippen molar-refractivity contribution in [2.45, 2.75) is 20.1 Å². The second-order valence-electron chi connectivity index (χ2n) is 6.74. The fourth-order valence-electron chi connectivity index (χ4n) is 2.84. The van der Waals surface area contributed by atoms with Crippen molar-refractivity contribution in [1.29, 1.82) is 0 Å². The van der Waals surface area contributed by atoms with Gasteiger partial charge in [-0.15, -0.1) is 0 Å². The number of hydrogen-bond acceptors (Lipinski definition) is 8. The smallest absolute Gasteiger partial charge is 0.277 e. The van der Waals surface area contributed by atoms with E-state index in [1.165, 1.54) is 0 Å². The maximum Gasteiger partial charge on any atom is 0.277 e. The Kier molecular flexibility index (Phi) is 9.19. The highest BCUT2D eigenvalue weighted by Gasteiger charge is 2.16. The van der Waals surface area contributed by atoms with Gasteiger partial charge in [-0.05, 0) is 47.1 Å². The molecule has 0 saturated carbocycles. The van der Waals surface area contributed by atoms with Crippen molar-refractivity contribution >= 4 is 50.9 Å². The van der Waals surface area contributed by atoms with E-state index in [1.807, 2.05) is 19.1 Å². The largest absolute Gasteiger partial charge is 0.490 e. The zero-order chi connectivity index (χ0) is 23.8. The van der Waals surface area contributed by atoms with E-state index in [-0.39, 0.29) is 18.1 Å². The first-order chi connectivity index (χ1) is 15.9. The molecule has 0 bridgehead atoms. The highest BCUT2D eigenvalue weighted by Crippen LogP contribution is 2.35. The fraction of sp³-hybridized carbons (Fsp3) is 0.286. The molecule has 0 aliphatic rings. The zero-order valence-electron chi connectivity index (χ0n) is 17.7. The average molecular weight is 559 g/mol. The monoisotopic (exact) mass is 557 g/mol. The van der Waals surface area contributed by atoms with Crippen LogP contribution >= 0.6 is 39.1 Å². The number of hydrogen-bond donors (Lipinski definition) is 3. The molecule has 1 aromatic heterocycles. The summed E-state index contributed by atoms with van der Waals surface area (Å²) < 4.78 is 17.0. The second kappa shape index (κ2) is 12.1. The Labute approximate surface area is 209 Å². The Hall–Kier alpha value is -2.53. The van der Waals surface area contributed by atoms with Crippen molar-refractivity contribution in [1.82, 2.24) is 20.9 Å². The summed E-state index contributed by atoms with van der Waals surface area (Å²) in [4.78, 5) is 11.9. The lowest BCUT2D eigenvalue weighted by Crippen LogP contribution is -2.32. The molecular formula is C21H22BrCl2N5O4. The van der Waals surface area contributed by atoms with Crippen molar-refractivity contribution in [3.05, 3.63) is 61.7 Å². The number of anilines is 1. The lowest BCUT2D eigenvalue weighted by molar-refractivity contribution is 0.0944. The van der Waals surface area contributed by atoms with E-state index in [2.05, 4.69) is 41.5 Å². The van der Waals surface area contributed by atoms with Gasteiger partial charge in [-0.3, -0.25) is 4.79 Å². The Morgan fingerprint density at radius 1 is 1.15 bits per heavy atom. The van der Waals surface area contributed by atoms with Crippen LogP contribution in [0.3, 0.4) is 0 Å². The van der Waals surface area contributed by atoms with E-state index >= 15 is 0 Å². The molecule has 3 aromatic rings. The molecule has 0 radical (unpaired) electrons. The number of nitrogens with zero attached hydrogens (tertiary/aromatic N) is 2. The summed E-state index contributed by atoms with van der Waals surface area (Å²) >= 11 is 16.0. The molecule has 0 spiro atoms. The number of nitrogens with two attached hydrogens (primary N) is 1. The topological polar surface area (TPSA) is 125 Å². The fourth-order valence-corrected chi connectivity index (χ4v) is 3.81. The van der Waals surface area contributed by atoms with E-state index in [9.17, 15) is 4.79 Å². The molecule has 2 aromatic carbocycles. The molecule has 33 heavy (non-hydrogen) atoms. The molecule has 1 heterocycles. The van der Waals surface area contributed by atoms with Gasteiger partial charge >= 0.3 is 0 Å². The van der Waals surface area contributed by atoms with Crippen LogP contribution in [0.25, 0.3) is 0 Å². The van der Waals surface area contributed by atoms with Crippen molar-refractivity contribution in [3.8, 4) is 11.5 Å². The summed E-state index contributed by atoms with van der Waals surface area (Å²) in [6, 6.07) is 9.05. The van der Waals surface area contributed by atoms with E-state index in [1.54, 1.807) is 18.2 Å². The average Bonchev–Trinajstić information content (AvgIpc) is 3.21. The predicted octanol–water partition coefficient (Wildman–Crippen LogP) is 4.22. The summed E-state index contributed by atoms with van der Waals surface area (Å²) in [6.45, 7) is 3.98. The first-order valence-electron chi connectivity index (χ1n) is 9.98. The standard InChI is InChI=1S/C21H22BrCl2N5O4/c1-2-31-17-8-12(10-26-6-7-27-21(30)19-20(25)29-33-28-19)14(22)9-18(17)32-11-13-15(23)4-3-5-16(13)24/h3-5,8-9,26H,2,6-7,10-11H2,1H3,(H2,25,29)(H,27,30). The van der Waals surface area contributed by atoms with Gasteiger partial charge < -0.3 is 25.8 Å². The zero-order valence-corrected chi connectivity index (χ0v) is 20.8. The maximum absolute atomic E-state index is 11.9. The summed E-state index contributed by atoms with van der Waals surface area (Å²) in [5.74, 6) is 0.667. The maximum atomic E-state index is 11.9. The van der Waals surface area contributed by atoms with Gasteiger partial charge in [-0.25, -0.2) is 4.63 Å². The summed E-state index contributed by atoms with van der Waals surface area (Å²) in [7, 11) is 0. The van der Waals surface area contributed by atoms with Crippen LogP contribution in [0, 0.1) is 0 Å². The minimum atomic E-state index is -0.449. The third kappa shape index (κ3) is 6.73. The number of ether oxygens (including phenoxy) is 2. The number of rotatable bonds is 11. The second-order valence-corrected chi connectivity index (χ2v) is 8.41. The molecule has 0 fully saturated rings. The van der Waals surface area contributed by atoms with Gasteiger partial charge in [0.25, 0.3) is 5.91 Å². The minimum Gasteiger partial charge on any atom is -0.490 e. The molecule has 12 heteroatoms. The van der Waals surface area contributed by atoms with Crippen LogP contribution < -0.4 is 25.8 Å². The van der Waals surface area contributed by atoms with Crippen LogP contribution in [0.1, 0.15) is 28.5 Å².